The molecular weight excluding hydrogens is 390 g/mol. The number of benzene rings is 1. The first kappa shape index (κ1) is 17.4. The Morgan fingerprint density at radius 3 is 2.93 bits per heavy atom. The van der Waals surface area contributed by atoms with Gasteiger partial charge in [-0.15, -0.1) is 11.3 Å². The molecular formula is C21H18ClN5S. The van der Waals surface area contributed by atoms with E-state index >= 15 is 0 Å². The van der Waals surface area contributed by atoms with Crippen LogP contribution < -0.4 is 0 Å². The van der Waals surface area contributed by atoms with Crippen molar-refractivity contribution in [3.05, 3.63) is 58.8 Å². The lowest BCUT2D eigenvalue weighted by Crippen LogP contribution is -1.93. The Morgan fingerprint density at radius 2 is 2.11 bits per heavy atom. The lowest BCUT2D eigenvalue weighted by atomic mass is 10.0. The van der Waals surface area contributed by atoms with E-state index in [0.717, 1.165) is 44.6 Å². The van der Waals surface area contributed by atoms with Gasteiger partial charge < -0.3 is 4.98 Å². The van der Waals surface area contributed by atoms with Gasteiger partial charge in [-0.25, -0.2) is 9.97 Å². The molecule has 0 amide bonds. The summed E-state index contributed by atoms with van der Waals surface area (Å²) in [4.78, 5) is 16.9. The minimum absolute atomic E-state index is 0.575. The second-order valence-electron chi connectivity index (χ2n) is 7.28. The van der Waals surface area contributed by atoms with Gasteiger partial charge in [0.1, 0.15) is 5.69 Å². The fraction of sp³-hybridized carbons (Fsp3) is 0.190. The summed E-state index contributed by atoms with van der Waals surface area (Å²) >= 11 is 7.88. The SMILES string of the molecule is CC(C)Cc1cn(-c2nc(-c3nc4ccncc4[nH]3)cs2)c2cc(Cl)ccc12. The molecule has 0 aliphatic heterocycles. The van der Waals surface area contributed by atoms with E-state index in [4.69, 9.17) is 16.6 Å². The molecule has 0 spiro atoms. The van der Waals surface area contributed by atoms with Gasteiger partial charge >= 0.3 is 0 Å². The third-order valence-electron chi connectivity index (χ3n) is 4.70. The van der Waals surface area contributed by atoms with Crippen LogP contribution in [-0.2, 0) is 6.42 Å². The van der Waals surface area contributed by atoms with Crippen LogP contribution in [0.2, 0.25) is 5.02 Å². The number of fused-ring (bicyclic) bond motifs is 2. The van der Waals surface area contributed by atoms with E-state index < -0.39 is 0 Å². The van der Waals surface area contributed by atoms with Crippen molar-refractivity contribution in [1.29, 1.82) is 0 Å². The first-order valence-corrected chi connectivity index (χ1v) is 10.4. The molecule has 4 aromatic heterocycles. The quantitative estimate of drug-likeness (QED) is 0.404. The van der Waals surface area contributed by atoms with Crippen LogP contribution in [0.15, 0.2) is 48.2 Å². The summed E-state index contributed by atoms with van der Waals surface area (Å²) in [5.74, 6) is 1.33. The number of rotatable bonds is 4. The Labute approximate surface area is 171 Å². The van der Waals surface area contributed by atoms with E-state index in [-0.39, 0.29) is 0 Å². The summed E-state index contributed by atoms with van der Waals surface area (Å²) < 4.78 is 2.14. The van der Waals surface area contributed by atoms with Crippen molar-refractivity contribution in [2.24, 2.45) is 5.92 Å². The number of halogens is 1. The van der Waals surface area contributed by atoms with Gasteiger partial charge in [-0.1, -0.05) is 31.5 Å². The molecule has 0 radical (unpaired) electrons. The van der Waals surface area contributed by atoms with Crippen molar-refractivity contribution < 1.29 is 0 Å². The largest absolute Gasteiger partial charge is 0.335 e. The Kier molecular flexibility index (Phi) is 4.18. The van der Waals surface area contributed by atoms with Crippen LogP contribution in [0.3, 0.4) is 0 Å². The van der Waals surface area contributed by atoms with E-state index in [0.29, 0.717) is 5.92 Å². The molecule has 1 N–H and O–H groups in total. The van der Waals surface area contributed by atoms with Crippen LogP contribution in [0, 0.1) is 5.92 Å². The van der Waals surface area contributed by atoms with Gasteiger partial charge in [-0.05, 0) is 36.1 Å². The number of imidazole rings is 1. The molecule has 5 nitrogen and oxygen atoms in total. The smallest absolute Gasteiger partial charge is 0.194 e. The topological polar surface area (TPSA) is 59.4 Å². The molecule has 140 valence electrons. The zero-order valence-electron chi connectivity index (χ0n) is 15.5. The van der Waals surface area contributed by atoms with Crippen LogP contribution in [0.5, 0.6) is 0 Å². The predicted octanol–water partition coefficient (Wildman–Crippen LogP) is 5.88. The number of hydrogen-bond donors (Lipinski definition) is 1. The molecule has 0 aliphatic rings. The van der Waals surface area contributed by atoms with Gasteiger partial charge in [0, 0.05) is 28.2 Å². The Morgan fingerprint density at radius 1 is 1.21 bits per heavy atom. The number of aromatic nitrogens is 5. The van der Waals surface area contributed by atoms with Crippen molar-refractivity contribution >= 4 is 44.9 Å². The summed E-state index contributed by atoms with van der Waals surface area (Å²) in [5, 5.41) is 4.88. The highest BCUT2D eigenvalue weighted by Crippen LogP contribution is 2.31. The standard InChI is InChI=1S/C21H18ClN5S/c1-12(2)7-13-10-27(19-8-14(22)3-4-15(13)19)21-26-18(11-28-21)20-24-16-5-6-23-9-17(16)25-20/h3-6,8-12H,7H2,1-2H3,(H,24,25). The van der Waals surface area contributed by atoms with E-state index in [1.165, 1.54) is 10.9 Å². The summed E-state index contributed by atoms with van der Waals surface area (Å²) in [6.07, 6.45) is 6.72. The minimum atomic E-state index is 0.575. The molecule has 0 fully saturated rings. The van der Waals surface area contributed by atoms with E-state index in [1.54, 1.807) is 23.7 Å². The normalized spacial score (nSPS) is 11.9. The number of thiazole rings is 1. The van der Waals surface area contributed by atoms with Gasteiger partial charge in [0.2, 0.25) is 0 Å². The second-order valence-corrected chi connectivity index (χ2v) is 8.55. The maximum absolute atomic E-state index is 6.29. The number of aromatic amines is 1. The second kappa shape index (κ2) is 6.72. The number of nitrogens with zero attached hydrogens (tertiary/aromatic N) is 4. The molecule has 0 aliphatic carbocycles. The lowest BCUT2D eigenvalue weighted by molar-refractivity contribution is 0.649. The van der Waals surface area contributed by atoms with Crippen LogP contribution in [0.4, 0.5) is 0 Å². The molecule has 0 bridgehead atoms. The summed E-state index contributed by atoms with van der Waals surface area (Å²) in [6, 6.07) is 7.96. The molecule has 0 atom stereocenters. The average molecular weight is 408 g/mol. The number of hydrogen-bond acceptors (Lipinski definition) is 4. The third kappa shape index (κ3) is 2.99. The number of pyridine rings is 1. The van der Waals surface area contributed by atoms with Crippen LogP contribution in [0.25, 0.3) is 38.6 Å². The Hall–Kier alpha value is -2.70. The minimum Gasteiger partial charge on any atom is -0.335 e. The molecule has 1 aromatic carbocycles. The fourth-order valence-corrected chi connectivity index (χ4v) is 4.46. The van der Waals surface area contributed by atoms with Crippen molar-refractivity contribution in [2.45, 2.75) is 20.3 Å². The molecule has 28 heavy (non-hydrogen) atoms. The van der Waals surface area contributed by atoms with Gasteiger partial charge in [0.05, 0.1) is 22.7 Å². The molecule has 0 saturated carbocycles. The van der Waals surface area contributed by atoms with Crippen molar-refractivity contribution in [3.63, 3.8) is 0 Å². The highest BCUT2D eigenvalue weighted by Gasteiger charge is 2.15. The van der Waals surface area contributed by atoms with Crippen LogP contribution in [-0.4, -0.2) is 24.5 Å². The maximum Gasteiger partial charge on any atom is 0.194 e. The van der Waals surface area contributed by atoms with Gasteiger partial charge in [0.15, 0.2) is 11.0 Å². The zero-order valence-corrected chi connectivity index (χ0v) is 17.1. The van der Waals surface area contributed by atoms with E-state index in [1.807, 2.05) is 23.6 Å². The van der Waals surface area contributed by atoms with Crippen molar-refractivity contribution in [2.75, 3.05) is 0 Å². The van der Waals surface area contributed by atoms with Gasteiger partial charge in [-0.3, -0.25) is 9.55 Å². The van der Waals surface area contributed by atoms with E-state index in [9.17, 15) is 0 Å². The van der Waals surface area contributed by atoms with Gasteiger partial charge in [0.25, 0.3) is 0 Å². The molecule has 4 heterocycles. The number of nitrogens with one attached hydrogen (secondary N) is 1. The molecule has 5 aromatic rings. The zero-order chi connectivity index (χ0) is 19.3. The van der Waals surface area contributed by atoms with Crippen LogP contribution >= 0.6 is 22.9 Å². The highest BCUT2D eigenvalue weighted by atomic mass is 35.5. The molecule has 7 heteroatoms. The predicted molar refractivity (Wildman–Crippen MR) is 115 cm³/mol. The van der Waals surface area contributed by atoms with Crippen LogP contribution in [0.1, 0.15) is 19.4 Å². The summed E-state index contributed by atoms with van der Waals surface area (Å²) in [6.45, 7) is 4.47. The van der Waals surface area contributed by atoms with Gasteiger partial charge in [-0.2, -0.15) is 0 Å². The third-order valence-corrected chi connectivity index (χ3v) is 5.78. The first-order chi connectivity index (χ1) is 13.6. The Balaban J connectivity index is 1.62. The van der Waals surface area contributed by atoms with Crippen molar-refractivity contribution in [1.82, 2.24) is 24.5 Å². The summed E-state index contributed by atoms with van der Waals surface area (Å²) in [7, 11) is 0. The number of H-pyrrole nitrogens is 1. The summed E-state index contributed by atoms with van der Waals surface area (Å²) in [5.41, 5.74) is 5.01. The average Bonchev–Trinajstić information content (AvgIpc) is 3.37. The molecule has 0 unspecified atom stereocenters. The fourth-order valence-electron chi connectivity index (χ4n) is 3.49. The monoisotopic (exact) mass is 407 g/mol. The highest BCUT2D eigenvalue weighted by molar-refractivity contribution is 7.12. The molecule has 5 rings (SSSR count). The molecule has 0 saturated heterocycles. The maximum atomic E-state index is 6.29. The van der Waals surface area contributed by atoms with Crippen molar-refractivity contribution in [3.8, 4) is 16.6 Å². The Bertz CT molecular complexity index is 1260. The first-order valence-electron chi connectivity index (χ1n) is 9.14. The lowest BCUT2D eigenvalue weighted by Gasteiger charge is -2.02. The van der Waals surface area contributed by atoms with E-state index in [2.05, 4.69) is 45.6 Å².